The smallest absolute Gasteiger partial charge is 0.262 e. The number of aromatic nitrogens is 5. The van der Waals surface area contributed by atoms with Gasteiger partial charge in [0.25, 0.3) is 10.0 Å². The van der Waals surface area contributed by atoms with E-state index in [0.717, 1.165) is 0 Å². The summed E-state index contributed by atoms with van der Waals surface area (Å²) in [5, 5.41) is 9.49. The number of hydrogen-bond donors (Lipinski definition) is 0. The fraction of sp³-hybridized carbons (Fsp3) is 0.300. The van der Waals surface area contributed by atoms with Gasteiger partial charge in [0.05, 0.1) is 6.54 Å². The lowest BCUT2D eigenvalue weighted by molar-refractivity contribution is 0.334. The number of imidazole rings is 1. The van der Waals surface area contributed by atoms with E-state index >= 15 is 0 Å². The summed E-state index contributed by atoms with van der Waals surface area (Å²) in [5.74, 6) is 0.618. The van der Waals surface area contributed by atoms with Crippen molar-refractivity contribution in [2.75, 3.05) is 6.54 Å². The topological polar surface area (TPSA) is 85.4 Å². The second-order valence-corrected chi connectivity index (χ2v) is 7.63. The molecule has 0 saturated heterocycles. The third-order valence-corrected chi connectivity index (χ3v) is 6.37. The number of nitrogens with zero attached hydrogens (tertiary/aromatic N) is 6. The van der Waals surface area contributed by atoms with Gasteiger partial charge in [-0.3, -0.25) is 4.40 Å². The molecule has 0 aliphatic carbocycles. The summed E-state index contributed by atoms with van der Waals surface area (Å²) in [4.78, 5) is 4.63. The molecule has 0 N–H and O–H groups in total. The van der Waals surface area contributed by atoms with Crippen LogP contribution in [0, 0.1) is 0 Å². The van der Waals surface area contributed by atoms with Gasteiger partial charge in [-0.05, 0) is 0 Å². The van der Waals surface area contributed by atoms with Crippen LogP contribution in [0.3, 0.4) is 0 Å². The standard InChI is InChI=1S/C10H9ClN6O2S2/c11-8-9(17-3-4-20-10(17)13-8)21(18,19)16-2-1-15-6-12-14-7(15)5-16/h3-4,6H,1-2,5H2. The van der Waals surface area contributed by atoms with E-state index in [1.165, 1.54) is 20.0 Å². The Morgan fingerprint density at radius 2 is 2.19 bits per heavy atom. The molecule has 0 unspecified atom stereocenters. The molecule has 0 atom stereocenters. The molecule has 1 aliphatic heterocycles. The van der Waals surface area contributed by atoms with E-state index in [0.29, 0.717) is 23.9 Å². The number of rotatable bonds is 2. The maximum atomic E-state index is 12.8. The normalized spacial score (nSPS) is 16.4. The summed E-state index contributed by atoms with van der Waals surface area (Å²) in [6.45, 7) is 1.04. The van der Waals surface area contributed by atoms with Gasteiger partial charge in [0.2, 0.25) is 0 Å². The summed E-state index contributed by atoms with van der Waals surface area (Å²) in [7, 11) is -3.74. The van der Waals surface area contributed by atoms with Crippen molar-refractivity contribution in [3.8, 4) is 0 Å². The molecule has 0 aromatic carbocycles. The molecule has 21 heavy (non-hydrogen) atoms. The van der Waals surface area contributed by atoms with Gasteiger partial charge in [0.15, 0.2) is 15.1 Å². The molecule has 0 bridgehead atoms. The molecule has 4 rings (SSSR count). The minimum Gasteiger partial charge on any atom is -0.315 e. The van der Waals surface area contributed by atoms with Crippen LogP contribution in [0.1, 0.15) is 5.82 Å². The molecule has 110 valence electrons. The maximum absolute atomic E-state index is 12.8. The second-order valence-electron chi connectivity index (χ2n) is 4.54. The third-order valence-electron chi connectivity index (χ3n) is 3.37. The van der Waals surface area contributed by atoms with Gasteiger partial charge in [-0.25, -0.2) is 13.4 Å². The molecule has 0 fully saturated rings. The van der Waals surface area contributed by atoms with Crippen LogP contribution in [0.2, 0.25) is 5.15 Å². The molecule has 3 aromatic heterocycles. The lowest BCUT2D eigenvalue weighted by Crippen LogP contribution is -2.38. The minimum atomic E-state index is -3.74. The van der Waals surface area contributed by atoms with Crippen LogP contribution >= 0.6 is 22.9 Å². The summed E-state index contributed by atoms with van der Waals surface area (Å²) in [5.41, 5.74) is 0. The Bertz CT molecular complexity index is 927. The van der Waals surface area contributed by atoms with Crippen molar-refractivity contribution < 1.29 is 8.42 Å². The predicted molar refractivity (Wildman–Crippen MR) is 75.7 cm³/mol. The minimum absolute atomic E-state index is 0.00566. The summed E-state index contributed by atoms with van der Waals surface area (Å²) in [6, 6.07) is 0. The molecule has 1 aliphatic rings. The Morgan fingerprint density at radius 3 is 3.05 bits per heavy atom. The third kappa shape index (κ3) is 1.90. The van der Waals surface area contributed by atoms with Crippen molar-refractivity contribution >= 4 is 37.9 Å². The maximum Gasteiger partial charge on any atom is 0.262 e. The van der Waals surface area contributed by atoms with Crippen LogP contribution in [-0.4, -0.2) is 43.4 Å². The highest BCUT2D eigenvalue weighted by atomic mass is 35.5. The van der Waals surface area contributed by atoms with Gasteiger partial charge >= 0.3 is 0 Å². The molecular weight excluding hydrogens is 336 g/mol. The molecule has 0 spiro atoms. The number of sulfonamides is 1. The van der Waals surface area contributed by atoms with Crippen LogP contribution in [-0.2, 0) is 23.1 Å². The SMILES string of the molecule is O=S(=O)(c1c(Cl)nc2sccn12)N1CCn2cnnc2C1. The van der Waals surface area contributed by atoms with Gasteiger partial charge in [-0.15, -0.1) is 21.5 Å². The van der Waals surface area contributed by atoms with E-state index in [4.69, 9.17) is 11.6 Å². The Labute approximate surface area is 128 Å². The first-order chi connectivity index (χ1) is 10.1. The van der Waals surface area contributed by atoms with Gasteiger partial charge < -0.3 is 4.57 Å². The van der Waals surface area contributed by atoms with E-state index in [9.17, 15) is 8.42 Å². The highest BCUT2D eigenvalue weighted by molar-refractivity contribution is 7.89. The molecule has 0 amide bonds. The zero-order chi connectivity index (χ0) is 14.6. The lowest BCUT2D eigenvalue weighted by Gasteiger charge is -2.25. The highest BCUT2D eigenvalue weighted by Gasteiger charge is 2.34. The van der Waals surface area contributed by atoms with E-state index in [1.54, 1.807) is 17.9 Å². The first-order valence-electron chi connectivity index (χ1n) is 6.05. The van der Waals surface area contributed by atoms with Crippen LogP contribution in [0.25, 0.3) is 4.96 Å². The molecule has 8 nitrogen and oxygen atoms in total. The number of fused-ring (bicyclic) bond motifs is 2. The highest BCUT2D eigenvalue weighted by Crippen LogP contribution is 2.29. The van der Waals surface area contributed by atoms with E-state index in [1.807, 2.05) is 4.57 Å². The molecule has 0 radical (unpaired) electrons. The van der Waals surface area contributed by atoms with Crippen molar-refractivity contribution in [3.63, 3.8) is 0 Å². The molecule has 11 heteroatoms. The van der Waals surface area contributed by atoms with Crippen molar-refractivity contribution in [3.05, 3.63) is 28.9 Å². The second kappa shape index (κ2) is 4.50. The van der Waals surface area contributed by atoms with Gasteiger partial charge in [0, 0.05) is 24.7 Å². The first kappa shape index (κ1) is 13.2. The predicted octanol–water partition coefficient (Wildman–Crippen LogP) is 0.845. The van der Waals surface area contributed by atoms with E-state index < -0.39 is 10.0 Å². The average Bonchev–Trinajstić information content (AvgIpc) is 3.11. The molecule has 3 aromatic rings. The van der Waals surface area contributed by atoms with Crippen LogP contribution < -0.4 is 0 Å². The summed E-state index contributed by atoms with van der Waals surface area (Å²) in [6.07, 6.45) is 3.25. The van der Waals surface area contributed by atoms with E-state index in [2.05, 4.69) is 15.2 Å². The first-order valence-corrected chi connectivity index (χ1v) is 8.75. The Balaban J connectivity index is 1.81. The molecule has 0 saturated carbocycles. The van der Waals surface area contributed by atoms with Crippen molar-refractivity contribution in [2.45, 2.75) is 18.1 Å². The van der Waals surface area contributed by atoms with Crippen molar-refractivity contribution in [2.24, 2.45) is 0 Å². The van der Waals surface area contributed by atoms with Crippen LogP contribution in [0.15, 0.2) is 22.9 Å². The number of hydrogen-bond acceptors (Lipinski definition) is 6. The zero-order valence-corrected chi connectivity index (χ0v) is 12.9. The quantitative estimate of drug-likeness (QED) is 0.688. The Hall–Kier alpha value is -1.49. The van der Waals surface area contributed by atoms with Gasteiger partial charge in [-0.1, -0.05) is 11.6 Å². The largest absolute Gasteiger partial charge is 0.315 e. The zero-order valence-electron chi connectivity index (χ0n) is 10.5. The number of thiazole rings is 1. The summed E-state index contributed by atoms with van der Waals surface area (Å²) < 4.78 is 30.4. The monoisotopic (exact) mass is 344 g/mol. The fourth-order valence-corrected chi connectivity index (χ4v) is 5.13. The molecular formula is C10H9ClN6O2S2. The van der Waals surface area contributed by atoms with Gasteiger partial charge in [0.1, 0.15) is 12.2 Å². The average molecular weight is 345 g/mol. The van der Waals surface area contributed by atoms with Crippen molar-refractivity contribution in [1.82, 2.24) is 28.5 Å². The van der Waals surface area contributed by atoms with Gasteiger partial charge in [-0.2, -0.15) is 4.31 Å². The molecule has 4 heterocycles. The number of halogens is 1. The van der Waals surface area contributed by atoms with E-state index in [-0.39, 0.29) is 16.7 Å². The van der Waals surface area contributed by atoms with Crippen molar-refractivity contribution in [1.29, 1.82) is 0 Å². The fourth-order valence-electron chi connectivity index (χ4n) is 2.34. The summed E-state index contributed by atoms with van der Waals surface area (Å²) >= 11 is 7.36. The Kier molecular flexibility index (Phi) is 2.83. The lowest BCUT2D eigenvalue weighted by atomic mass is 10.4. The van der Waals surface area contributed by atoms with Crippen LogP contribution in [0.4, 0.5) is 0 Å². The van der Waals surface area contributed by atoms with Crippen LogP contribution in [0.5, 0.6) is 0 Å². The Morgan fingerprint density at radius 1 is 1.33 bits per heavy atom.